The van der Waals surface area contributed by atoms with Gasteiger partial charge in [-0.25, -0.2) is 19.3 Å². The van der Waals surface area contributed by atoms with Crippen LogP contribution >= 0.6 is 0 Å². The van der Waals surface area contributed by atoms with Crippen LogP contribution in [0.15, 0.2) is 36.5 Å². The molecule has 3 N–H and O–H groups in total. The number of carbonyl (C=O) groups excluding carboxylic acids is 1. The van der Waals surface area contributed by atoms with E-state index in [2.05, 4.69) is 15.0 Å². The molecule has 2 saturated heterocycles. The van der Waals surface area contributed by atoms with Crippen LogP contribution in [0.2, 0.25) is 0 Å². The number of ether oxygens (including phenoxy) is 3. The summed E-state index contributed by atoms with van der Waals surface area (Å²) in [6.45, 7) is 4.82. The maximum atomic E-state index is 13.6. The Morgan fingerprint density at radius 1 is 1.17 bits per heavy atom. The number of carbonyl (C=O) groups is 1. The Hall–Kier alpha value is -3.25. The number of aromatic nitrogens is 4. The molecule has 0 bridgehead atoms. The molecule has 2 aromatic heterocycles. The van der Waals surface area contributed by atoms with Crippen molar-refractivity contribution in [3.8, 4) is 22.6 Å². The number of aromatic amines is 1. The van der Waals surface area contributed by atoms with Crippen molar-refractivity contribution in [3.05, 3.63) is 54.0 Å². The number of nitrogens with two attached hydrogens (primary N) is 1. The van der Waals surface area contributed by atoms with Crippen LogP contribution in [-0.4, -0.2) is 76.8 Å². The Kier molecular flexibility index (Phi) is 7.06. The number of nitrogens with one attached hydrogen (secondary N) is 1. The van der Waals surface area contributed by atoms with E-state index < -0.39 is 11.7 Å². The minimum Gasteiger partial charge on any atom is -0.378 e. The van der Waals surface area contributed by atoms with Crippen LogP contribution in [0.4, 0.5) is 4.39 Å². The number of imidazole rings is 1. The molecule has 0 atom stereocenters. The fraction of sp³-hybridized carbons (Fsp3) is 0.440. The molecule has 4 heterocycles. The standard InChI is InChI=1S/C25H29FN6O4/c1-25(24(33)32-10-12-34-13-11-32)14-35-23(36-15-25)22-30-20(16-2-4-17(26)5-3-16)21(31-22)18-7-9-28-19(29-18)6-8-27/h2-5,7,9,23H,6,8,10-15,27H2,1H3,(H,30,31). The summed E-state index contributed by atoms with van der Waals surface area (Å²) in [5.41, 5.74) is 7.40. The number of rotatable bonds is 6. The molecule has 5 rings (SSSR count). The molecule has 0 spiro atoms. The lowest BCUT2D eigenvalue weighted by molar-refractivity contribution is -0.235. The number of benzene rings is 1. The minimum absolute atomic E-state index is 0.00944. The van der Waals surface area contributed by atoms with E-state index in [-0.39, 0.29) is 24.9 Å². The first-order valence-corrected chi connectivity index (χ1v) is 12.0. The van der Waals surface area contributed by atoms with Crippen molar-refractivity contribution in [2.75, 3.05) is 46.1 Å². The van der Waals surface area contributed by atoms with Gasteiger partial charge in [0.2, 0.25) is 12.2 Å². The number of hydrogen-bond donors (Lipinski definition) is 2. The van der Waals surface area contributed by atoms with Crippen molar-refractivity contribution in [2.24, 2.45) is 11.1 Å². The number of hydrogen-bond acceptors (Lipinski definition) is 8. The van der Waals surface area contributed by atoms with Gasteiger partial charge in [-0.3, -0.25) is 4.79 Å². The largest absolute Gasteiger partial charge is 0.378 e. The number of amides is 1. The smallest absolute Gasteiger partial charge is 0.233 e. The van der Waals surface area contributed by atoms with Crippen LogP contribution < -0.4 is 5.73 Å². The van der Waals surface area contributed by atoms with Crippen molar-refractivity contribution in [3.63, 3.8) is 0 Å². The minimum atomic E-state index is -0.799. The molecule has 2 aliphatic rings. The number of nitrogens with zero attached hydrogens (tertiary/aromatic N) is 4. The van der Waals surface area contributed by atoms with Crippen molar-refractivity contribution >= 4 is 5.91 Å². The molecule has 10 nitrogen and oxygen atoms in total. The summed E-state index contributed by atoms with van der Waals surface area (Å²) in [4.78, 5) is 31.8. The molecule has 190 valence electrons. The van der Waals surface area contributed by atoms with Gasteiger partial charge in [0.15, 0.2) is 5.82 Å². The second kappa shape index (κ2) is 10.4. The Morgan fingerprint density at radius 2 is 1.89 bits per heavy atom. The first-order valence-electron chi connectivity index (χ1n) is 12.0. The monoisotopic (exact) mass is 496 g/mol. The summed E-state index contributed by atoms with van der Waals surface area (Å²) in [5.74, 6) is 0.694. The van der Waals surface area contributed by atoms with Crippen LogP contribution in [0.1, 0.15) is 24.9 Å². The van der Waals surface area contributed by atoms with E-state index >= 15 is 0 Å². The fourth-order valence-corrected chi connectivity index (χ4v) is 4.33. The van der Waals surface area contributed by atoms with Crippen LogP contribution in [0.5, 0.6) is 0 Å². The van der Waals surface area contributed by atoms with Gasteiger partial charge in [0.25, 0.3) is 0 Å². The van der Waals surface area contributed by atoms with Crippen LogP contribution in [-0.2, 0) is 25.4 Å². The SMILES string of the molecule is CC1(C(=O)N2CCOCC2)COC(c2nc(-c3ccc(F)cc3)c(-c3ccnc(CCN)n3)[nH]2)OC1. The van der Waals surface area contributed by atoms with Gasteiger partial charge in [0, 0.05) is 31.3 Å². The summed E-state index contributed by atoms with van der Waals surface area (Å²) >= 11 is 0. The van der Waals surface area contributed by atoms with Gasteiger partial charge >= 0.3 is 0 Å². The van der Waals surface area contributed by atoms with Gasteiger partial charge in [-0.2, -0.15) is 0 Å². The molecule has 0 unspecified atom stereocenters. The Morgan fingerprint density at radius 3 is 2.58 bits per heavy atom. The molecule has 2 fully saturated rings. The zero-order chi connectivity index (χ0) is 25.1. The Labute approximate surface area is 208 Å². The van der Waals surface area contributed by atoms with Gasteiger partial charge in [0.1, 0.15) is 11.6 Å². The molecule has 0 radical (unpaired) electrons. The lowest BCUT2D eigenvalue weighted by Crippen LogP contribution is -2.53. The highest BCUT2D eigenvalue weighted by molar-refractivity contribution is 5.83. The van der Waals surface area contributed by atoms with E-state index in [0.29, 0.717) is 73.6 Å². The van der Waals surface area contributed by atoms with Crippen molar-refractivity contribution < 1.29 is 23.4 Å². The molecule has 11 heteroatoms. The van der Waals surface area contributed by atoms with Crippen LogP contribution in [0.3, 0.4) is 0 Å². The number of H-pyrrole nitrogens is 1. The number of halogens is 1. The summed E-state index contributed by atoms with van der Waals surface area (Å²) in [7, 11) is 0. The summed E-state index contributed by atoms with van der Waals surface area (Å²) in [6.07, 6.45) is 1.40. The third kappa shape index (κ3) is 5.00. The van der Waals surface area contributed by atoms with E-state index in [1.807, 2.05) is 6.92 Å². The second-order valence-corrected chi connectivity index (χ2v) is 9.17. The second-order valence-electron chi connectivity index (χ2n) is 9.17. The normalized spacial score (nSPS) is 22.5. The lowest BCUT2D eigenvalue weighted by atomic mass is 9.90. The quantitative estimate of drug-likeness (QED) is 0.531. The Bertz CT molecular complexity index is 1200. The van der Waals surface area contributed by atoms with Crippen LogP contribution in [0, 0.1) is 11.2 Å². The summed E-state index contributed by atoms with van der Waals surface area (Å²) < 4.78 is 31.0. The molecule has 0 saturated carbocycles. The first-order chi connectivity index (χ1) is 17.5. The van der Waals surface area contributed by atoms with Gasteiger partial charge in [-0.15, -0.1) is 0 Å². The molecular formula is C25H29FN6O4. The molecule has 0 aliphatic carbocycles. The average Bonchev–Trinajstić information content (AvgIpc) is 3.35. The van der Waals surface area contributed by atoms with E-state index in [1.165, 1.54) is 12.1 Å². The molecule has 1 amide bonds. The van der Waals surface area contributed by atoms with Gasteiger partial charge < -0.3 is 29.8 Å². The maximum absolute atomic E-state index is 13.6. The fourth-order valence-electron chi connectivity index (χ4n) is 4.33. The third-order valence-corrected chi connectivity index (χ3v) is 6.31. The van der Waals surface area contributed by atoms with Gasteiger partial charge in [-0.1, -0.05) is 0 Å². The Balaban J connectivity index is 1.41. The third-order valence-electron chi connectivity index (χ3n) is 6.31. The molecule has 36 heavy (non-hydrogen) atoms. The highest BCUT2D eigenvalue weighted by atomic mass is 19.1. The molecule has 1 aromatic carbocycles. The molecular weight excluding hydrogens is 467 g/mol. The molecule has 2 aliphatic heterocycles. The number of morpholine rings is 1. The van der Waals surface area contributed by atoms with Crippen LogP contribution in [0.25, 0.3) is 22.6 Å². The molecule has 3 aromatic rings. The lowest BCUT2D eigenvalue weighted by Gasteiger charge is -2.39. The topological polar surface area (TPSA) is 128 Å². The van der Waals surface area contributed by atoms with Crippen molar-refractivity contribution in [1.82, 2.24) is 24.8 Å². The highest BCUT2D eigenvalue weighted by Crippen LogP contribution is 2.36. The van der Waals surface area contributed by atoms with Crippen molar-refractivity contribution in [2.45, 2.75) is 19.6 Å². The summed E-state index contributed by atoms with van der Waals surface area (Å²) in [5, 5.41) is 0. The van der Waals surface area contributed by atoms with E-state index in [0.717, 1.165) is 0 Å². The maximum Gasteiger partial charge on any atom is 0.233 e. The zero-order valence-electron chi connectivity index (χ0n) is 20.1. The van der Waals surface area contributed by atoms with Gasteiger partial charge in [-0.05, 0) is 43.8 Å². The predicted molar refractivity (Wildman–Crippen MR) is 128 cm³/mol. The first kappa shape index (κ1) is 24.4. The summed E-state index contributed by atoms with van der Waals surface area (Å²) in [6, 6.07) is 7.83. The van der Waals surface area contributed by atoms with E-state index in [4.69, 9.17) is 24.9 Å². The zero-order valence-corrected chi connectivity index (χ0v) is 20.1. The van der Waals surface area contributed by atoms with Crippen molar-refractivity contribution in [1.29, 1.82) is 0 Å². The average molecular weight is 497 g/mol. The van der Waals surface area contributed by atoms with Gasteiger partial charge in [0.05, 0.1) is 48.9 Å². The predicted octanol–water partition coefficient (Wildman–Crippen LogP) is 2.08. The van der Waals surface area contributed by atoms with E-state index in [1.54, 1.807) is 29.3 Å². The highest BCUT2D eigenvalue weighted by Gasteiger charge is 2.43. The van der Waals surface area contributed by atoms with E-state index in [9.17, 15) is 9.18 Å².